The van der Waals surface area contributed by atoms with E-state index in [0.29, 0.717) is 0 Å². The van der Waals surface area contributed by atoms with Crippen LogP contribution in [-0.2, 0) is 11.2 Å². The molecule has 19 heavy (non-hydrogen) atoms. The molecular weight excluding hydrogens is 244 g/mol. The van der Waals surface area contributed by atoms with E-state index >= 15 is 0 Å². The average Bonchev–Trinajstić information content (AvgIpc) is 2.79. The van der Waals surface area contributed by atoms with E-state index in [-0.39, 0.29) is 12.6 Å². The Hall–Kier alpha value is -2.01. The smallest absolute Gasteiger partial charge is 0.317 e. The van der Waals surface area contributed by atoms with Crippen molar-refractivity contribution in [3.8, 4) is 5.75 Å². The SMILES string of the molecule is COc1ccc2[nH]cc(CC(C)NCC(=O)O)c2c1. The van der Waals surface area contributed by atoms with Crippen LogP contribution in [0.2, 0.25) is 0 Å². The number of H-pyrrole nitrogens is 1. The van der Waals surface area contributed by atoms with Gasteiger partial charge in [-0.05, 0) is 37.1 Å². The van der Waals surface area contributed by atoms with Crippen LogP contribution < -0.4 is 10.1 Å². The Balaban J connectivity index is 2.13. The Bertz CT molecular complexity index is 577. The molecule has 0 spiro atoms. The minimum Gasteiger partial charge on any atom is -0.497 e. The molecule has 0 bridgehead atoms. The first-order valence-electron chi connectivity index (χ1n) is 6.19. The van der Waals surface area contributed by atoms with Crippen LogP contribution in [0.4, 0.5) is 0 Å². The third-order valence-corrected chi connectivity index (χ3v) is 3.10. The molecule has 2 rings (SSSR count). The van der Waals surface area contributed by atoms with Gasteiger partial charge in [-0.25, -0.2) is 0 Å². The fourth-order valence-electron chi connectivity index (χ4n) is 2.12. The van der Waals surface area contributed by atoms with Crippen molar-refractivity contribution in [3.05, 3.63) is 30.0 Å². The number of fused-ring (bicyclic) bond motifs is 1. The maximum absolute atomic E-state index is 10.5. The number of benzene rings is 1. The number of hydrogen-bond donors (Lipinski definition) is 3. The van der Waals surface area contributed by atoms with Gasteiger partial charge in [0.15, 0.2) is 0 Å². The second-order valence-electron chi connectivity index (χ2n) is 4.61. The zero-order valence-corrected chi connectivity index (χ0v) is 11.1. The maximum atomic E-state index is 10.5. The Morgan fingerprint density at radius 2 is 2.32 bits per heavy atom. The summed E-state index contributed by atoms with van der Waals surface area (Å²) < 4.78 is 5.22. The number of nitrogens with one attached hydrogen (secondary N) is 2. The summed E-state index contributed by atoms with van der Waals surface area (Å²) in [6.07, 6.45) is 2.73. The number of carbonyl (C=O) groups is 1. The normalized spacial score (nSPS) is 12.5. The van der Waals surface area contributed by atoms with Gasteiger partial charge in [-0.15, -0.1) is 0 Å². The van der Waals surface area contributed by atoms with Crippen LogP contribution in [-0.4, -0.2) is 35.8 Å². The number of aliphatic carboxylic acids is 1. The van der Waals surface area contributed by atoms with E-state index in [9.17, 15) is 4.79 Å². The second-order valence-corrected chi connectivity index (χ2v) is 4.61. The van der Waals surface area contributed by atoms with Gasteiger partial charge in [0.05, 0.1) is 13.7 Å². The summed E-state index contributed by atoms with van der Waals surface area (Å²) in [6.45, 7) is 1.95. The Labute approximate surface area is 111 Å². The summed E-state index contributed by atoms with van der Waals surface area (Å²) in [5, 5.41) is 12.7. The highest BCUT2D eigenvalue weighted by atomic mass is 16.5. The summed E-state index contributed by atoms with van der Waals surface area (Å²) in [6, 6.07) is 5.98. The van der Waals surface area contributed by atoms with Crippen LogP contribution in [0.25, 0.3) is 10.9 Å². The first-order chi connectivity index (χ1) is 9.10. The molecule has 2 aromatic rings. The summed E-state index contributed by atoms with van der Waals surface area (Å²) in [7, 11) is 1.64. The number of aromatic amines is 1. The number of carboxylic acid groups (broad SMARTS) is 1. The van der Waals surface area contributed by atoms with Crippen molar-refractivity contribution in [2.75, 3.05) is 13.7 Å². The van der Waals surface area contributed by atoms with E-state index in [4.69, 9.17) is 9.84 Å². The molecule has 102 valence electrons. The van der Waals surface area contributed by atoms with Crippen LogP contribution in [0.15, 0.2) is 24.4 Å². The minimum atomic E-state index is -0.840. The maximum Gasteiger partial charge on any atom is 0.317 e. The molecule has 0 saturated heterocycles. The molecule has 1 heterocycles. The Morgan fingerprint density at radius 1 is 1.53 bits per heavy atom. The van der Waals surface area contributed by atoms with Gasteiger partial charge in [-0.3, -0.25) is 4.79 Å². The molecule has 1 aromatic carbocycles. The summed E-state index contributed by atoms with van der Waals surface area (Å²) in [4.78, 5) is 13.7. The lowest BCUT2D eigenvalue weighted by atomic mass is 10.1. The van der Waals surface area contributed by atoms with Crippen molar-refractivity contribution in [1.82, 2.24) is 10.3 Å². The zero-order chi connectivity index (χ0) is 13.8. The average molecular weight is 262 g/mol. The lowest BCUT2D eigenvalue weighted by molar-refractivity contribution is -0.136. The lowest BCUT2D eigenvalue weighted by Gasteiger charge is -2.11. The molecule has 1 unspecified atom stereocenters. The van der Waals surface area contributed by atoms with E-state index in [2.05, 4.69) is 10.3 Å². The van der Waals surface area contributed by atoms with Gasteiger partial charge < -0.3 is 20.1 Å². The van der Waals surface area contributed by atoms with Crippen molar-refractivity contribution in [1.29, 1.82) is 0 Å². The highest BCUT2D eigenvalue weighted by molar-refractivity contribution is 5.84. The Kier molecular flexibility index (Phi) is 4.06. The molecule has 5 nitrogen and oxygen atoms in total. The van der Waals surface area contributed by atoms with Gasteiger partial charge in [0.2, 0.25) is 0 Å². The van der Waals surface area contributed by atoms with E-state index in [1.807, 2.05) is 31.3 Å². The quantitative estimate of drug-likeness (QED) is 0.742. The number of ether oxygens (including phenoxy) is 1. The van der Waals surface area contributed by atoms with Crippen molar-refractivity contribution < 1.29 is 14.6 Å². The highest BCUT2D eigenvalue weighted by Gasteiger charge is 2.10. The molecule has 0 radical (unpaired) electrons. The van der Waals surface area contributed by atoms with E-state index < -0.39 is 5.97 Å². The molecule has 3 N–H and O–H groups in total. The predicted octanol–water partition coefficient (Wildman–Crippen LogP) is 1.78. The fourth-order valence-corrected chi connectivity index (χ4v) is 2.12. The molecule has 0 amide bonds. The van der Waals surface area contributed by atoms with E-state index in [0.717, 1.165) is 28.6 Å². The van der Waals surface area contributed by atoms with Crippen LogP contribution >= 0.6 is 0 Å². The van der Waals surface area contributed by atoms with Crippen molar-refractivity contribution in [2.24, 2.45) is 0 Å². The topological polar surface area (TPSA) is 74.3 Å². The fraction of sp³-hybridized carbons (Fsp3) is 0.357. The molecule has 0 fully saturated rings. The van der Waals surface area contributed by atoms with Gasteiger partial charge in [-0.2, -0.15) is 0 Å². The van der Waals surface area contributed by atoms with Crippen LogP contribution in [0.3, 0.4) is 0 Å². The van der Waals surface area contributed by atoms with Crippen LogP contribution in [0.1, 0.15) is 12.5 Å². The number of methoxy groups -OCH3 is 1. The molecule has 1 atom stereocenters. The van der Waals surface area contributed by atoms with Gasteiger partial charge >= 0.3 is 5.97 Å². The standard InChI is InChI=1S/C14H18N2O3/c1-9(15-8-14(17)18)5-10-7-16-13-4-3-11(19-2)6-12(10)13/h3-4,6-7,9,15-16H,5,8H2,1-2H3,(H,17,18). The van der Waals surface area contributed by atoms with Crippen molar-refractivity contribution in [3.63, 3.8) is 0 Å². The number of hydrogen-bond acceptors (Lipinski definition) is 3. The summed E-state index contributed by atoms with van der Waals surface area (Å²) in [5.41, 5.74) is 2.21. The minimum absolute atomic E-state index is 0.0210. The predicted molar refractivity (Wildman–Crippen MR) is 73.7 cm³/mol. The van der Waals surface area contributed by atoms with Gasteiger partial charge in [0.25, 0.3) is 0 Å². The van der Waals surface area contributed by atoms with Gasteiger partial charge in [0.1, 0.15) is 5.75 Å². The number of carboxylic acids is 1. The third kappa shape index (κ3) is 3.26. The molecule has 5 heteroatoms. The highest BCUT2D eigenvalue weighted by Crippen LogP contribution is 2.24. The first-order valence-corrected chi connectivity index (χ1v) is 6.19. The van der Waals surface area contributed by atoms with Crippen LogP contribution in [0.5, 0.6) is 5.75 Å². The number of aromatic nitrogens is 1. The van der Waals surface area contributed by atoms with Crippen molar-refractivity contribution in [2.45, 2.75) is 19.4 Å². The van der Waals surface area contributed by atoms with Gasteiger partial charge in [-0.1, -0.05) is 0 Å². The van der Waals surface area contributed by atoms with Gasteiger partial charge in [0, 0.05) is 23.1 Å². The zero-order valence-electron chi connectivity index (χ0n) is 11.1. The molecule has 0 aliphatic heterocycles. The third-order valence-electron chi connectivity index (χ3n) is 3.10. The van der Waals surface area contributed by atoms with Crippen LogP contribution in [0, 0.1) is 0 Å². The largest absolute Gasteiger partial charge is 0.497 e. The molecule has 1 aromatic heterocycles. The van der Waals surface area contributed by atoms with E-state index in [1.54, 1.807) is 7.11 Å². The number of rotatable bonds is 6. The second kappa shape index (κ2) is 5.75. The molecular formula is C14H18N2O3. The Morgan fingerprint density at radius 3 is 3.00 bits per heavy atom. The van der Waals surface area contributed by atoms with Crippen molar-refractivity contribution >= 4 is 16.9 Å². The van der Waals surface area contributed by atoms with E-state index in [1.165, 1.54) is 0 Å². The summed E-state index contributed by atoms with van der Waals surface area (Å²) >= 11 is 0. The molecule has 0 saturated carbocycles. The first kappa shape index (κ1) is 13.4. The molecule has 0 aliphatic carbocycles. The molecule has 0 aliphatic rings. The summed E-state index contributed by atoms with van der Waals surface area (Å²) in [5.74, 6) is -0.0213. The lowest BCUT2D eigenvalue weighted by Crippen LogP contribution is -2.32. The monoisotopic (exact) mass is 262 g/mol.